The Labute approximate surface area is 93.2 Å². The van der Waals surface area contributed by atoms with Gasteiger partial charge in [0.25, 0.3) is 0 Å². The van der Waals surface area contributed by atoms with Crippen molar-refractivity contribution < 1.29 is 9.50 Å². The Kier molecular flexibility index (Phi) is 3.01. The molecule has 0 aliphatic rings. The van der Waals surface area contributed by atoms with Crippen molar-refractivity contribution in [1.29, 1.82) is 0 Å². The normalized spacial score (nSPS) is 10.7. The average Bonchev–Trinajstić information content (AvgIpc) is 2.69. The predicted octanol–water partition coefficient (Wildman–Crippen LogP) is 1.87. The van der Waals surface area contributed by atoms with Crippen LogP contribution in [0.5, 0.6) is 0 Å². The second kappa shape index (κ2) is 4.45. The lowest BCUT2D eigenvalue weighted by Gasteiger charge is -2.09. The lowest BCUT2D eigenvalue weighted by Crippen LogP contribution is -2.05. The molecule has 0 unspecified atom stereocenters. The van der Waals surface area contributed by atoms with Gasteiger partial charge in [-0.3, -0.25) is 0 Å². The monoisotopic (exact) mass is 220 g/mol. The molecule has 0 aliphatic carbocycles. The summed E-state index contributed by atoms with van der Waals surface area (Å²) in [5.74, 6) is 0.387. The number of aliphatic hydroxyl groups is 1. The molecule has 0 amide bonds. The van der Waals surface area contributed by atoms with E-state index in [1.807, 2.05) is 11.5 Å². The largest absolute Gasteiger partial charge is 0.388 e. The molecule has 84 valence electrons. The lowest BCUT2D eigenvalue weighted by atomic mass is 10.1. The van der Waals surface area contributed by atoms with E-state index in [2.05, 4.69) is 4.98 Å². The summed E-state index contributed by atoms with van der Waals surface area (Å²) in [6.45, 7) is 2.38. The van der Waals surface area contributed by atoms with Crippen LogP contribution in [0.1, 0.15) is 17.0 Å². The fourth-order valence-electron chi connectivity index (χ4n) is 1.66. The molecule has 1 aromatic heterocycles. The summed E-state index contributed by atoms with van der Waals surface area (Å²) in [4.78, 5) is 4.02. The number of aryl methyl sites for hydroxylation is 1. The molecule has 0 spiro atoms. The van der Waals surface area contributed by atoms with E-state index in [0.29, 0.717) is 12.4 Å². The van der Waals surface area contributed by atoms with Crippen LogP contribution in [0.25, 0.3) is 0 Å². The van der Waals surface area contributed by atoms with E-state index in [1.54, 1.807) is 18.5 Å². The highest BCUT2D eigenvalue weighted by molar-refractivity contribution is 5.27. The van der Waals surface area contributed by atoms with Gasteiger partial charge in [-0.2, -0.15) is 0 Å². The molecule has 0 fully saturated rings. The molecule has 1 heterocycles. The SMILES string of the molecule is Cc1cc(F)ccc1Cn1ccnc1CO. The van der Waals surface area contributed by atoms with E-state index in [4.69, 9.17) is 5.11 Å². The van der Waals surface area contributed by atoms with Crippen LogP contribution in [-0.4, -0.2) is 14.7 Å². The third-order valence-corrected chi connectivity index (χ3v) is 2.59. The summed E-state index contributed by atoms with van der Waals surface area (Å²) in [7, 11) is 0. The number of hydrogen-bond donors (Lipinski definition) is 1. The number of aliphatic hydroxyl groups excluding tert-OH is 1. The van der Waals surface area contributed by atoms with Gasteiger partial charge in [-0.15, -0.1) is 0 Å². The van der Waals surface area contributed by atoms with Crippen LogP contribution < -0.4 is 0 Å². The van der Waals surface area contributed by atoms with Crippen molar-refractivity contribution in [2.45, 2.75) is 20.1 Å². The number of halogens is 1. The van der Waals surface area contributed by atoms with Gasteiger partial charge in [0.05, 0.1) is 0 Å². The number of hydrogen-bond acceptors (Lipinski definition) is 2. The Morgan fingerprint density at radius 3 is 2.94 bits per heavy atom. The molecular weight excluding hydrogens is 207 g/mol. The topological polar surface area (TPSA) is 38.0 Å². The molecule has 1 N–H and O–H groups in total. The van der Waals surface area contributed by atoms with E-state index in [0.717, 1.165) is 11.1 Å². The van der Waals surface area contributed by atoms with Crippen LogP contribution in [0, 0.1) is 12.7 Å². The third-order valence-electron chi connectivity index (χ3n) is 2.59. The maximum Gasteiger partial charge on any atom is 0.134 e. The van der Waals surface area contributed by atoms with Crippen LogP contribution in [0.15, 0.2) is 30.6 Å². The van der Waals surface area contributed by atoms with Crippen molar-refractivity contribution >= 4 is 0 Å². The molecule has 2 aromatic rings. The zero-order valence-corrected chi connectivity index (χ0v) is 9.02. The first-order valence-corrected chi connectivity index (χ1v) is 5.06. The summed E-state index contributed by atoms with van der Waals surface area (Å²) in [5, 5.41) is 9.06. The standard InChI is InChI=1S/C12H13FN2O/c1-9-6-11(13)3-2-10(9)7-15-5-4-14-12(15)8-16/h2-6,16H,7-8H2,1H3. The van der Waals surface area contributed by atoms with Crippen LogP contribution in [0.4, 0.5) is 4.39 Å². The number of benzene rings is 1. The van der Waals surface area contributed by atoms with Crippen molar-refractivity contribution in [3.05, 3.63) is 53.4 Å². The number of imidazole rings is 1. The van der Waals surface area contributed by atoms with Crippen LogP contribution in [0.3, 0.4) is 0 Å². The highest BCUT2D eigenvalue weighted by Crippen LogP contribution is 2.12. The van der Waals surface area contributed by atoms with Gasteiger partial charge in [0, 0.05) is 18.9 Å². The van der Waals surface area contributed by atoms with Gasteiger partial charge >= 0.3 is 0 Å². The Morgan fingerprint density at radius 2 is 2.25 bits per heavy atom. The van der Waals surface area contributed by atoms with Crippen molar-refractivity contribution in [3.63, 3.8) is 0 Å². The summed E-state index contributed by atoms with van der Waals surface area (Å²) in [6, 6.07) is 4.70. The molecule has 0 saturated heterocycles. The Bertz CT molecular complexity index is 494. The molecule has 0 saturated carbocycles. The van der Waals surface area contributed by atoms with Crippen LogP contribution in [0.2, 0.25) is 0 Å². The van der Waals surface area contributed by atoms with Gasteiger partial charge in [0.15, 0.2) is 0 Å². The molecule has 4 heteroatoms. The van der Waals surface area contributed by atoms with E-state index < -0.39 is 0 Å². The first-order chi connectivity index (χ1) is 7.70. The van der Waals surface area contributed by atoms with Gasteiger partial charge in [-0.25, -0.2) is 9.37 Å². The molecule has 2 rings (SSSR count). The lowest BCUT2D eigenvalue weighted by molar-refractivity contribution is 0.266. The Morgan fingerprint density at radius 1 is 1.44 bits per heavy atom. The van der Waals surface area contributed by atoms with E-state index in [-0.39, 0.29) is 12.4 Å². The van der Waals surface area contributed by atoms with Gasteiger partial charge in [0.2, 0.25) is 0 Å². The van der Waals surface area contributed by atoms with Crippen molar-refractivity contribution in [3.8, 4) is 0 Å². The quantitative estimate of drug-likeness (QED) is 0.857. The smallest absolute Gasteiger partial charge is 0.134 e. The molecule has 16 heavy (non-hydrogen) atoms. The summed E-state index contributed by atoms with van der Waals surface area (Å²) in [6.07, 6.45) is 3.44. The summed E-state index contributed by atoms with van der Waals surface area (Å²) >= 11 is 0. The molecule has 0 bridgehead atoms. The van der Waals surface area contributed by atoms with E-state index in [9.17, 15) is 4.39 Å². The Hall–Kier alpha value is -1.68. The van der Waals surface area contributed by atoms with Crippen LogP contribution in [-0.2, 0) is 13.2 Å². The van der Waals surface area contributed by atoms with E-state index in [1.165, 1.54) is 12.1 Å². The molecule has 0 atom stereocenters. The van der Waals surface area contributed by atoms with Gasteiger partial charge < -0.3 is 9.67 Å². The van der Waals surface area contributed by atoms with Crippen LogP contribution >= 0.6 is 0 Å². The van der Waals surface area contributed by atoms with Gasteiger partial charge in [0.1, 0.15) is 18.2 Å². The van der Waals surface area contributed by atoms with Crippen molar-refractivity contribution in [1.82, 2.24) is 9.55 Å². The number of rotatable bonds is 3. The molecule has 1 aromatic carbocycles. The van der Waals surface area contributed by atoms with Crippen molar-refractivity contribution in [2.24, 2.45) is 0 Å². The fraction of sp³-hybridized carbons (Fsp3) is 0.250. The zero-order valence-electron chi connectivity index (χ0n) is 9.02. The number of nitrogens with zero attached hydrogens (tertiary/aromatic N) is 2. The maximum atomic E-state index is 12.9. The summed E-state index contributed by atoms with van der Waals surface area (Å²) in [5.41, 5.74) is 1.92. The minimum atomic E-state index is -0.228. The highest BCUT2D eigenvalue weighted by atomic mass is 19.1. The minimum absolute atomic E-state index is 0.0900. The average molecular weight is 220 g/mol. The zero-order chi connectivity index (χ0) is 11.5. The van der Waals surface area contributed by atoms with Gasteiger partial charge in [-0.05, 0) is 30.2 Å². The molecule has 0 radical (unpaired) electrons. The van der Waals surface area contributed by atoms with Gasteiger partial charge in [-0.1, -0.05) is 6.07 Å². The second-order valence-corrected chi connectivity index (χ2v) is 3.70. The molecule has 0 aliphatic heterocycles. The first-order valence-electron chi connectivity index (χ1n) is 5.06. The molecular formula is C12H13FN2O. The summed E-state index contributed by atoms with van der Waals surface area (Å²) < 4.78 is 14.8. The third kappa shape index (κ3) is 2.12. The van der Waals surface area contributed by atoms with E-state index >= 15 is 0 Å². The fourth-order valence-corrected chi connectivity index (χ4v) is 1.66. The predicted molar refractivity (Wildman–Crippen MR) is 58.4 cm³/mol. The minimum Gasteiger partial charge on any atom is -0.388 e. The second-order valence-electron chi connectivity index (χ2n) is 3.70. The number of aromatic nitrogens is 2. The molecule has 3 nitrogen and oxygen atoms in total. The maximum absolute atomic E-state index is 12.9. The van der Waals surface area contributed by atoms with Crippen molar-refractivity contribution in [2.75, 3.05) is 0 Å². The first kappa shape index (κ1) is 10.8. The highest BCUT2D eigenvalue weighted by Gasteiger charge is 2.04. The Balaban J connectivity index is 2.27.